The molecule has 0 bridgehead atoms. The van der Waals surface area contributed by atoms with Crippen molar-refractivity contribution < 1.29 is 4.79 Å². The molecule has 0 radical (unpaired) electrons. The predicted molar refractivity (Wildman–Crippen MR) is 82.7 cm³/mol. The highest BCUT2D eigenvalue weighted by atomic mass is 32.2. The number of ketones is 1. The van der Waals surface area contributed by atoms with Crippen LogP contribution >= 0.6 is 11.8 Å². The summed E-state index contributed by atoms with van der Waals surface area (Å²) < 4.78 is 3.56. The van der Waals surface area contributed by atoms with Crippen molar-refractivity contribution in [1.82, 2.24) is 24.5 Å². The summed E-state index contributed by atoms with van der Waals surface area (Å²) in [6.07, 6.45) is 8.03. The number of aryl methyl sites for hydroxylation is 1. The lowest BCUT2D eigenvalue weighted by Crippen LogP contribution is -2.31. The largest absolute Gasteiger partial charge is 0.328 e. The van der Waals surface area contributed by atoms with E-state index in [4.69, 9.17) is 0 Å². The molecule has 1 atom stereocenters. The Kier molecular flexibility index (Phi) is 3.07. The standard InChI is InChI=1S/C14H16N6OS/c1-19-7-8(6-15-19)12-11-9(4-3-5-10(11)21)16-13-17-14(22-2)18-20(12)13/h6-7,12H,3-5H2,1-2H3,(H,16,17,18)/t12-/m1/s1. The summed E-state index contributed by atoms with van der Waals surface area (Å²) in [4.78, 5) is 17.0. The second kappa shape index (κ2) is 4.98. The fourth-order valence-corrected chi connectivity index (χ4v) is 3.46. The number of allylic oxidation sites excluding steroid dienone is 2. The number of hydrogen-bond acceptors (Lipinski definition) is 6. The summed E-state index contributed by atoms with van der Waals surface area (Å²) in [5, 5.41) is 12.8. The first kappa shape index (κ1) is 13.6. The molecule has 0 saturated carbocycles. The van der Waals surface area contributed by atoms with Gasteiger partial charge >= 0.3 is 0 Å². The van der Waals surface area contributed by atoms with E-state index in [-0.39, 0.29) is 11.8 Å². The number of carbonyl (C=O) groups excluding carboxylic acids is 1. The van der Waals surface area contributed by atoms with Crippen molar-refractivity contribution >= 4 is 23.5 Å². The first-order chi connectivity index (χ1) is 10.7. The van der Waals surface area contributed by atoms with Gasteiger partial charge in [0.05, 0.1) is 6.20 Å². The Hall–Kier alpha value is -2.09. The second-order valence-corrected chi connectivity index (χ2v) is 6.28. The maximum atomic E-state index is 12.5. The number of hydrogen-bond donors (Lipinski definition) is 1. The SMILES string of the molecule is CSc1nc2n(n1)[C@H](c1cnn(C)c1)C1=C(CCCC1=O)N2. The van der Waals surface area contributed by atoms with Crippen LogP contribution in [0.3, 0.4) is 0 Å². The number of nitrogens with zero attached hydrogens (tertiary/aromatic N) is 5. The molecule has 2 aliphatic rings. The van der Waals surface area contributed by atoms with E-state index >= 15 is 0 Å². The molecule has 1 aliphatic heterocycles. The second-order valence-electron chi connectivity index (χ2n) is 5.51. The molecule has 1 N–H and O–H groups in total. The highest BCUT2D eigenvalue weighted by Crippen LogP contribution is 2.40. The van der Waals surface area contributed by atoms with Gasteiger partial charge in [0, 0.05) is 36.5 Å². The number of thioether (sulfide) groups is 1. The Balaban J connectivity index is 1.91. The topological polar surface area (TPSA) is 77.6 Å². The first-order valence-corrected chi connectivity index (χ1v) is 8.42. The van der Waals surface area contributed by atoms with Gasteiger partial charge in [0.2, 0.25) is 11.1 Å². The van der Waals surface area contributed by atoms with Crippen LogP contribution in [-0.4, -0.2) is 36.6 Å². The molecule has 8 heteroatoms. The molecular formula is C14H16N6OS. The highest BCUT2D eigenvalue weighted by Gasteiger charge is 2.37. The molecule has 0 amide bonds. The van der Waals surface area contributed by atoms with Crippen LogP contribution in [0.5, 0.6) is 0 Å². The van der Waals surface area contributed by atoms with Gasteiger partial charge < -0.3 is 5.32 Å². The van der Waals surface area contributed by atoms with Gasteiger partial charge in [-0.25, -0.2) is 4.68 Å². The van der Waals surface area contributed by atoms with Crippen molar-refractivity contribution in [1.29, 1.82) is 0 Å². The molecule has 2 aromatic rings. The maximum Gasteiger partial charge on any atom is 0.227 e. The molecule has 0 spiro atoms. The van der Waals surface area contributed by atoms with E-state index in [1.807, 2.05) is 24.2 Å². The maximum absolute atomic E-state index is 12.5. The monoisotopic (exact) mass is 316 g/mol. The van der Waals surface area contributed by atoms with Gasteiger partial charge in [-0.2, -0.15) is 10.1 Å². The van der Waals surface area contributed by atoms with Gasteiger partial charge in [-0.1, -0.05) is 11.8 Å². The van der Waals surface area contributed by atoms with Crippen molar-refractivity contribution in [3.8, 4) is 0 Å². The fraction of sp³-hybridized carbons (Fsp3) is 0.429. The third-order valence-electron chi connectivity index (χ3n) is 4.07. The quantitative estimate of drug-likeness (QED) is 0.851. The van der Waals surface area contributed by atoms with Gasteiger partial charge in [0.15, 0.2) is 5.78 Å². The number of rotatable bonds is 2. The molecule has 7 nitrogen and oxygen atoms in total. The van der Waals surface area contributed by atoms with E-state index in [0.717, 1.165) is 29.7 Å². The molecule has 0 unspecified atom stereocenters. The van der Waals surface area contributed by atoms with Crippen LogP contribution < -0.4 is 5.32 Å². The van der Waals surface area contributed by atoms with Crippen LogP contribution in [0.2, 0.25) is 0 Å². The molecule has 22 heavy (non-hydrogen) atoms. The minimum Gasteiger partial charge on any atom is -0.328 e. The molecule has 4 rings (SSSR count). The number of aromatic nitrogens is 5. The number of anilines is 1. The van der Waals surface area contributed by atoms with E-state index < -0.39 is 0 Å². The Labute approximate surface area is 131 Å². The molecular weight excluding hydrogens is 300 g/mol. The fourth-order valence-electron chi connectivity index (χ4n) is 3.11. The molecule has 2 aromatic heterocycles. The lowest BCUT2D eigenvalue weighted by atomic mass is 9.86. The average molecular weight is 316 g/mol. The van der Waals surface area contributed by atoms with Gasteiger partial charge in [0.25, 0.3) is 0 Å². The Morgan fingerprint density at radius 3 is 3.00 bits per heavy atom. The Morgan fingerprint density at radius 1 is 1.41 bits per heavy atom. The van der Waals surface area contributed by atoms with Crippen molar-refractivity contribution in [2.45, 2.75) is 30.5 Å². The van der Waals surface area contributed by atoms with E-state index in [9.17, 15) is 4.79 Å². The van der Waals surface area contributed by atoms with E-state index in [2.05, 4.69) is 20.5 Å². The van der Waals surface area contributed by atoms with Crippen molar-refractivity contribution in [3.05, 3.63) is 29.2 Å². The van der Waals surface area contributed by atoms with Crippen LogP contribution in [0.1, 0.15) is 30.9 Å². The number of fused-ring (bicyclic) bond motifs is 1. The van der Waals surface area contributed by atoms with Gasteiger partial charge in [-0.05, 0) is 19.1 Å². The molecule has 3 heterocycles. The minimum absolute atomic E-state index is 0.189. The van der Waals surface area contributed by atoms with Gasteiger partial charge in [0.1, 0.15) is 6.04 Å². The van der Waals surface area contributed by atoms with Crippen molar-refractivity contribution in [2.24, 2.45) is 7.05 Å². The van der Waals surface area contributed by atoms with E-state index in [1.165, 1.54) is 11.8 Å². The zero-order valence-corrected chi connectivity index (χ0v) is 13.2. The van der Waals surface area contributed by atoms with E-state index in [1.54, 1.807) is 10.9 Å². The van der Waals surface area contributed by atoms with Crippen LogP contribution in [0.4, 0.5) is 5.95 Å². The Bertz CT molecular complexity index is 789. The van der Waals surface area contributed by atoms with Crippen molar-refractivity contribution in [3.63, 3.8) is 0 Å². The van der Waals surface area contributed by atoms with E-state index in [0.29, 0.717) is 17.5 Å². The molecule has 0 fully saturated rings. The van der Waals surface area contributed by atoms with Crippen LogP contribution in [-0.2, 0) is 11.8 Å². The third-order valence-corrected chi connectivity index (χ3v) is 4.61. The van der Waals surface area contributed by atoms with Crippen LogP contribution in [0.25, 0.3) is 0 Å². The van der Waals surface area contributed by atoms with Crippen molar-refractivity contribution in [2.75, 3.05) is 11.6 Å². The summed E-state index contributed by atoms with van der Waals surface area (Å²) in [5.74, 6) is 0.890. The zero-order valence-electron chi connectivity index (χ0n) is 12.4. The summed E-state index contributed by atoms with van der Waals surface area (Å²) in [5.41, 5.74) is 2.76. The molecule has 0 saturated heterocycles. The average Bonchev–Trinajstić information content (AvgIpc) is 3.11. The molecule has 114 valence electrons. The summed E-state index contributed by atoms with van der Waals surface area (Å²) in [7, 11) is 1.87. The van der Waals surface area contributed by atoms with Crippen LogP contribution in [0.15, 0.2) is 28.8 Å². The minimum atomic E-state index is -0.235. The predicted octanol–water partition coefficient (Wildman–Crippen LogP) is 1.76. The number of nitrogens with one attached hydrogen (secondary N) is 1. The number of Topliss-reactive ketones (excluding diaryl/α,β-unsaturated/α-hetero) is 1. The summed E-state index contributed by atoms with van der Waals surface area (Å²) in [6, 6.07) is -0.235. The highest BCUT2D eigenvalue weighted by molar-refractivity contribution is 7.98. The first-order valence-electron chi connectivity index (χ1n) is 7.19. The zero-order chi connectivity index (χ0) is 15.3. The third kappa shape index (κ3) is 1.98. The smallest absolute Gasteiger partial charge is 0.227 e. The summed E-state index contributed by atoms with van der Waals surface area (Å²) in [6.45, 7) is 0. The lowest BCUT2D eigenvalue weighted by molar-refractivity contribution is -0.116. The molecule has 1 aliphatic carbocycles. The number of carbonyl (C=O) groups is 1. The summed E-state index contributed by atoms with van der Waals surface area (Å²) >= 11 is 1.49. The Morgan fingerprint density at radius 2 is 2.27 bits per heavy atom. The van der Waals surface area contributed by atoms with Gasteiger partial charge in [-0.3, -0.25) is 9.48 Å². The lowest BCUT2D eigenvalue weighted by Gasteiger charge is -2.31. The normalized spacial score (nSPS) is 20.6. The van der Waals surface area contributed by atoms with Crippen LogP contribution in [0, 0.1) is 0 Å². The molecule has 0 aromatic carbocycles. The van der Waals surface area contributed by atoms with Gasteiger partial charge in [-0.15, -0.1) is 5.10 Å².